The van der Waals surface area contributed by atoms with Gasteiger partial charge in [0.25, 0.3) is 0 Å². The fourth-order valence-electron chi connectivity index (χ4n) is 7.67. The third kappa shape index (κ3) is 10.7. The molecule has 0 spiro atoms. The Morgan fingerprint density at radius 3 is 1.31 bits per heavy atom. The molecule has 4 fully saturated rings. The summed E-state index contributed by atoms with van der Waals surface area (Å²) >= 11 is 0.238. The predicted octanol–water partition coefficient (Wildman–Crippen LogP) is 7.11. The topological polar surface area (TPSA) is 71.1 Å². The molecule has 2 saturated carbocycles. The van der Waals surface area contributed by atoms with E-state index in [1.165, 1.54) is 34.6 Å². The van der Waals surface area contributed by atoms with Gasteiger partial charge in [0.1, 0.15) is 0 Å². The van der Waals surface area contributed by atoms with Crippen LogP contribution in [-0.4, -0.2) is 66.6 Å². The SMILES string of the molecule is CC(C)[C@@H]1CC[C@@H](C)C[C@H]1O[C@H]1C[C@@H]([Se]c2ccccc2)C(=O)O1.CC(C)[C@@H]1CC[C@@H](C)C[C@H]1O[C@H]1C[C@@H]([Se]c2ccccc2)C(=O)O1. The zero-order valence-electron chi connectivity index (χ0n) is 29.6. The summed E-state index contributed by atoms with van der Waals surface area (Å²) in [5.41, 5.74) is 0. The number of carbonyl (C=O) groups excluding carboxylic acids is 2. The van der Waals surface area contributed by atoms with Gasteiger partial charge in [-0.3, -0.25) is 0 Å². The Bertz CT molecular complexity index is 1190. The van der Waals surface area contributed by atoms with E-state index in [9.17, 15) is 9.59 Å². The van der Waals surface area contributed by atoms with Crippen LogP contribution in [0.4, 0.5) is 0 Å². The van der Waals surface area contributed by atoms with E-state index in [-0.39, 0.29) is 76.3 Å². The van der Waals surface area contributed by atoms with Gasteiger partial charge in [0.2, 0.25) is 0 Å². The molecular weight excluding hydrogens is 734 g/mol. The number of cyclic esters (lactones) is 2. The van der Waals surface area contributed by atoms with Gasteiger partial charge in [0.05, 0.1) is 0 Å². The summed E-state index contributed by atoms with van der Waals surface area (Å²) in [5.74, 6) is 3.64. The Morgan fingerprint density at radius 2 is 0.958 bits per heavy atom. The van der Waals surface area contributed by atoms with Crippen molar-refractivity contribution in [2.75, 3.05) is 0 Å². The zero-order valence-corrected chi connectivity index (χ0v) is 33.1. The van der Waals surface area contributed by atoms with Crippen LogP contribution in [0.2, 0.25) is 9.63 Å². The average Bonchev–Trinajstić information content (AvgIpc) is 3.57. The number of rotatable bonds is 10. The molecule has 0 N–H and O–H groups in total. The quantitative estimate of drug-likeness (QED) is 0.189. The van der Waals surface area contributed by atoms with Crippen LogP contribution < -0.4 is 8.92 Å². The van der Waals surface area contributed by atoms with E-state index in [4.69, 9.17) is 18.9 Å². The third-order valence-corrected chi connectivity index (χ3v) is 15.5. The summed E-state index contributed by atoms with van der Waals surface area (Å²) in [7, 11) is 0. The van der Waals surface area contributed by atoms with Gasteiger partial charge in [-0.1, -0.05) is 0 Å². The fraction of sp³-hybridized carbons (Fsp3) is 0.650. The van der Waals surface area contributed by atoms with Crippen molar-refractivity contribution in [3.8, 4) is 0 Å². The van der Waals surface area contributed by atoms with Crippen molar-refractivity contribution >= 4 is 50.8 Å². The molecule has 2 aliphatic heterocycles. The van der Waals surface area contributed by atoms with Crippen LogP contribution >= 0.6 is 0 Å². The number of hydrogen-bond acceptors (Lipinski definition) is 6. The van der Waals surface area contributed by atoms with Crippen LogP contribution in [0.1, 0.15) is 92.9 Å². The Labute approximate surface area is 301 Å². The second-order valence-electron chi connectivity index (χ2n) is 15.0. The zero-order chi connectivity index (χ0) is 34.2. The molecule has 2 aromatic rings. The van der Waals surface area contributed by atoms with Gasteiger partial charge in [-0.25, -0.2) is 0 Å². The maximum absolute atomic E-state index is 12.2. The van der Waals surface area contributed by atoms with E-state index < -0.39 is 0 Å². The van der Waals surface area contributed by atoms with E-state index in [1.807, 2.05) is 36.4 Å². The molecule has 0 bridgehead atoms. The van der Waals surface area contributed by atoms with Crippen molar-refractivity contribution in [3.05, 3.63) is 60.7 Å². The van der Waals surface area contributed by atoms with E-state index in [0.717, 1.165) is 12.8 Å². The van der Waals surface area contributed by atoms with Crippen molar-refractivity contribution in [1.82, 2.24) is 0 Å². The van der Waals surface area contributed by atoms with Crippen molar-refractivity contribution in [2.45, 2.75) is 127 Å². The Kier molecular flexibility index (Phi) is 14.1. The van der Waals surface area contributed by atoms with Gasteiger partial charge < -0.3 is 0 Å². The molecular formula is C40H56O6Se2. The van der Waals surface area contributed by atoms with Gasteiger partial charge in [0, 0.05) is 0 Å². The first-order valence-electron chi connectivity index (χ1n) is 18.2. The van der Waals surface area contributed by atoms with Gasteiger partial charge >= 0.3 is 303 Å². The van der Waals surface area contributed by atoms with Crippen LogP contribution in [0.25, 0.3) is 0 Å². The molecule has 0 amide bonds. The number of esters is 2. The monoisotopic (exact) mass is 792 g/mol. The molecule has 48 heavy (non-hydrogen) atoms. The van der Waals surface area contributed by atoms with Gasteiger partial charge in [-0.2, -0.15) is 0 Å². The van der Waals surface area contributed by atoms with Crippen LogP contribution in [0.5, 0.6) is 0 Å². The maximum atomic E-state index is 12.2. The standard InChI is InChI=1S/2C20H28O3Se/c2*1-13(2)16-10-9-14(3)11-17(16)22-19-12-18(20(21)23-19)24-15-7-5-4-6-8-15/h2*4-8,13-14,16-19H,9-12H2,1-3H3/t2*14-,16+,17-,18-,19-/m11/s1. The van der Waals surface area contributed by atoms with E-state index >= 15 is 0 Å². The molecule has 2 heterocycles. The summed E-state index contributed by atoms with van der Waals surface area (Å²) in [4.78, 5) is 24.4. The Morgan fingerprint density at radius 1 is 0.583 bits per heavy atom. The van der Waals surface area contributed by atoms with Gasteiger partial charge in [-0.05, 0) is 0 Å². The summed E-state index contributed by atoms with van der Waals surface area (Å²) in [6.07, 6.45) is 8.39. The minimum atomic E-state index is -0.343. The first-order chi connectivity index (χ1) is 23.0. The molecule has 264 valence electrons. The summed E-state index contributed by atoms with van der Waals surface area (Å²) < 4.78 is 26.2. The minimum absolute atomic E-state index is 0.0107. The molecule has 0 radical (unpaired) electrons. The van der Waals surface area contributed by atoms with Crippen LogP contribution in [0.3, 0.4) is 0 Å². The van der Waals surface area contributed by atoms with Crippen LogP contribution in [0.15, 0.2) is 60.7 Å². The summed E-state index contributed by atoms with van der Waals surface area (Å²) in [6.45, 7) is 13.7. The number of ether oxygens (including phenoxy) is 4. The van der Waals surface area contributed by atoms with Crippen molar-refractivity contribution < 1.29 is 28.5 Å². The van der Waals surface area contributed by atoms with Gasteiger partial charge in [0.15, 0.2) is 0 Å². The second kappa shape index (κ2) is 18.0. The summed E-state index contributed by atoms with van der Waals surface area (Å²) in [5, 5.41) is 0. The van der Waals surface area contributed by atoms with E-state index in [1.54, 1.807) is 0 Å². The first-order valence-corrected chi connectivity index (χ1v) is 21.9. The van der Waals surface area contributed by atoms with Crippen LogP contribution in [0, 0.1) is 35.5 Å². The van der Waals surface area contributed by atoms with Crippen molar-refractivity contribution in [1.29, 1.82) is 0 Å². The van der Waals surface area contributed by atoms with E-state index in [2.05, 4.69) is 65.8 Å². The van der Waals surface area contributed by atoms with Crippen LogP contribution in [-0.2, 0) is 28.5 Å². The molecule has 2 aliphatic carbocycles. The number of carbonyl (C=O) groups is 2. The molecule has 0 unspecified atom stereocenters. The number of hydrogen-bond donors (Lipinski definition) is 0. The number of benzene rings is 2. The molecule has 10 atom stereocenters. The molecule has 0 aromatic heterocycles. The molecule has 2 aromatic carbocycles. The fourth-order valence-corrected chi connectivity index (χ4v) is 12.1. The summed E-state index contributed by atoms with van der Waals surface area (Å²) in [6, 6.07) is 20.5. The molecule has 8 heteroatoms. The average molecular weight is 791 g/mol. The molecule has 2 saturated heterocycles. The molecule has 4 aliphatic rings. The third-order valence-electron chi connectivity index (χ3n) is 10.5. The van der Waals surface area contributed by atoms with Gasteiger partial charge in [-0.15, -0.1) is 0 Å². The predicted molar refractivity (Wildman–Crippen MR) is 193 cm³/mol. The Hall–Kier alpha value is -1.66. The van der Waals surface area contributed by atoms with Crippen molar-refractivity contribution in [2.24, 2.45) is 35.5 Å². The normalized spacial score (nSPS) is 33.7. The molecule has 6 nitrogen and oxygen atoms in total. The Balaban J connectivity index is 0.000000188. The first kappa shape index (κ1) is 37.6. The second-order valence-corrected chi connectivity index (χ2v) is 20.4. The van der Waals surface area contributed by atoms with Crippen molar-refractivity contribution in [3.63, 3.8) is 0 Å². The van der Waals surface area contributed by atoms with E-state index in [0.29, 0.717) is 48.3 Å². The molecule has 6 rings (SSSR count).